The van der Waals surface area contributed by atoms with Crippen molar-refractivity contribution < 1.29 is 9.53 Å². The third-order valence-electron chi connectivity index (χ3n) is 2.88. The number of piperidine rings is 1. The fourth-order valence-electron chi connectivity index (χ4n) is 2.06. The number of carbonyl (C=O) groups is 1. The molecule has 1 N–H and O–H groups in total. The van der Waals surface area contributed by atoms with Crippen molar-refractivity contribution in [1.29, 1.82) is 0 Å². The van der Waals surface area contributed by atoms with Crippen LogP contribution in [0.1, 0.15) is 26.7 Å². The maximum absolute atomic E-state index is 11.1. The van der Waals surface area contributed by atoms with Gasteiger partial charge in [0, 0.05) is 39.2 Å². The third kappa shape index (κ3) is 4.18. The van der Waals surface area contributed by atoms with Gasteiger partial charge in [0.1, 0.15) is 0 Å². The largest absolute Gasteiger partial charge is 0.383 e. The third-order valence-corrected chi connectivity index (χ3v) is 2.88. The number of likely N-dealkylation sites (tertiary alicyclic amines) is 1. The Hall–Kier alpha value is -0.610. The van der Waals surface area contributed by atoms with Crippen LogP contribution >= 0.6 is 0 Å². The van der Waals surface area contributed by atoms with Crippen LogP contribution in [0, 0.1) is 0 Å². The molecule has 1 rings (SSSR count). The van der Waals surface area contributed by atoms with E-state index in [-0.39, 0.29) is 5.91 Å². The zero-order chi connectivity index (χ0) is 11.3. The molecule has 0 spiro atoms. The van der Waals surface area contributed by atoms with E-state index in [1.54, 1.807) is 14.0 Å². The second-order valence-corrected chi connectivity index (χ2v) is 4.30. The molecule has 4 nitrogen and oxygen atoms in total. The van der Waals surface area contributed by atoms with Gasteiger partial charge in [0.2, 0.25) is 5.91 Å². The van der Waals surface area contributed by atoms with Crippen molar-refractivity contribution >= 4 is 5.91 Å². The maximum atomic E-state index is 11.1. The molecule has 0 aromatic heterocycles. The number of nitrogens with zero attached hydrogens (tertiary/aromatic N) is 1. The number of nitrogens with one attached hydrogen (secondary N) is 1. The van der Waals surface area contributed by atoms with Crippen LogP contribution < -0.4 is 5.32 Å². The Bertz CT molecular complexity index is 201. The molecule has 1 aliphatic rings. The first-order valence-corrected chi connectivity index (χ1v) is 5.64. The molecule has 15 heavy (non-hydrogen) atoms. The number of carbonyl (C=O) groups excluding carboxylic acids is 1. The van der Waals surface area contributed by atoms with E-state index >= 15 is 0 Å². The summed E-state index contributed by atoms with van der Waals surface area (Å²) in [5.41, 5.74) is 0. The van der Waals surface area contributed by atoms with Crippen molar-refractivity contribution in [1.82, 2.24) is 10.2 Å². The average Bonchev–Trinajstić information content (AvgIpc) is 2.18. The minimum absolute atomic E-state index is 0.193. The summed E-state index contributed by atoms with van der Waals surface area (Å²) >= 11 is 0. The highest BCUT2D eigenvalue weighted by atomic mass is 16.5. The lowest BCUT2D eigenvalue weighted by Gasteiger charge is -2.33. The lowest BCUT2D eigenvalue weighted by molar-refractivity contribution is -0.129. The first-order chi connectivity index (χ1) is 7.13. The summed E-state index contributed by atoms with van der Waals surface area (Å²) in [6.45, 7) is 6.27. The molecular weight excluding hydrogens is 192 g/mol. The number of ether oxygens (including phenoxy) is 1. The molecule has 0 unspecified atom stereocenters. The van der Waals surface area contributed by atoms with Crippen LogP contribution in [-0.2, 0) is 9.53 Å². The van der Waals surface area contributed by atoms with Crippen molar-refractivity contribution in [3.8, 4) is 0 Å². The van der Waals surface area contributed by atoms with Gasteiger partial charge in [-0.2, -0.15) is 0 Å². The smallest absolute Gasteiger partial charge is 0.219 e. The van der Waals surface area contributed by atoms with Gasteiger partial charge in [0.05, 0.1) is 6.61 Å². The Balaban J connectivity index is 2.22. The molecule has 0 radical (unpaired) electrons. The van der Waals surface area contributed by atoms with Gasteiger partial charge >= 0.3 is 0 Å². The molecule has 0 aliphatic carbocycles. The zero-order valence-electron chi connectivity index (χ0n) is 9.95. The van der Waals surface area contributed by atoms with Gasteiger partial charge in [-0.3, -0.25) is 4.79 Å². The van der Waals surface area contributed by atoms with Gasteiger partial charge in [0.15, 0.2) is 0 Å². The fraction of sp³-hybridized carbons (Fsp3) is 0.909. The van der Waals surface area contributed by atoms with Crippen molar-refractivity contribution in [3.63, 3.8) is 0 Å². The van der Waals surface area contributed by atoms with Crippen LogP contribution in [0.3, 0.4) is 0 Å². The van der Waals surface area contributed by atoms with Gasteiger partial charge in [-0.1, -0.05) is 0 Å². The highest BCUT2D eigenvalue weighted by Crippen LogP contribution is 2.10. The zero-order valence-corrected chi connectivity index (χ0v) is 9.95. The van der Waals surface area contributed by atoms with Crippen LogP contribution in [0.2, 0.25) is 0 Å². The van der Waals surface area contributed by atoms with Crippen LogP contribution in [-0.4, -0.2) is 49.7 Å². The van der Waals surface area contributed by atoms with Crippen molar-refractivity contribution in [2.75, 3.05) is 26.8 Å². The van der Waals surface area contributed by atoms with Crippen molar-refractivity contribution in [2.24, 2.45) is 0 Å². The predicted octanol–water partition coefficient (Wildman–Crippen LogP) is 0.622. The first kappa shape index (κ1) is 12.5. The SMILES string of the molecule is COC[C@H](C)NC1CCN(C(C)=O)CC1. The molecule has 0 aromatic carbocycles. The van der Waals surface area contributed by atoms with Gasteiger partial charge in [0.25, 0.3) is 0 Å². The standard InChI is InChI=1S/C11H22N2O2/c1-9(8-15-3)12-11-4-6-13(7-5-11)10(2)14/h9,11-12H,4-8H2,1-3H3/t9-/m0/s1. The molecule has 0 bridgehead atoms. The number of amides is 1. The summed E-state index contributed by atoms with van der Waals surface area (Å²) < 4.78 is 5.08. The topological polar surface area (TPSA) is 41.6 Å². The summed E-state index contributed by atoms with van der Waals surface area (Å²) in [5.74, 6) is 0.193. The minimum atomic E-state index is 0.193. The summed E-state index contributed by atoms with van der Waals surface area (Å²) in [6.07, 6.45) is 2.10. The number of hydrogen-bond donors (Lipinski definition) is 1. The summed E-state index contributed by atoms with van der Waals surface area (Å²) in [7, 11) is 1.72. The molecule has 1 aliphatic heterocycles. The van der Waals surface area contributed by atoms with E-state index < -0.39 is 0 Å². The lowest BCUT2D eigenvalue weighted by Crippen LogP contribution is -2.47. The normalized spacial score (nSPS) is 20.3. The second kappa shape index (κ2) is 6.08. The highest BCUT2D eigenvalue weighted by molar-refractivity contribution is 5.73. The summed E-state index contributed by atoms with van der Waals surface area (Å²) in [5, 5.41) is 3.52. The molecule has 1 fully saturated rings. The Morgan fingerprint density at radius 1 is 1.53 bits per heavy atom. The quantitative estimate of drug-likeness (QED) is 0.746. The molecule has 1 atom stereocenters. The van der Waals surface area contributed by atoms with E-state index in [9.17, 15) is 4.79 Å². The molecule has 0 saturated carbocycles. The van der Waals surface area contributed by atoms with Crippen LogP contribution in [0.15, 0.2) is 0 Å². The summed E-state index contributed by atoms with van der Waals surface area (Å²) in [6, 6.07) is 0.926. The van der Waals surface area contributed by atoms with Crippen LogP contribution in [0.4, 0.5) is 0 Å². The molecule has 88 valence electrons. The van der Waals surface area contributed by atoms with E-state index in [4.69, 9.17) is 4.74 Å². The molecule has 1 saturated heterocycles. The van der Waals surface area contributed by atoms with E-state index in [0.29, 0.717) is 12.1 Å². The van der Waals surface area contributed by atoms with E-state index in [1.165, 1.54) is 0 Å². The van der Waals surface area contributed by atoms with E-state index in [2.05, 4.69) is 12.2 Å². The lowest BCUT2D eigenvalue weighted by atomic mass is 10.0. The highest BCUT2D eigenvalue weighted by Gasteiger charge is 2.21. The number of hydrogen-bond acceptors (Lipinski definition) is 3. The van der Waals surface area contributed by atoms with Gasteiger partial charge in [-0.25, -0.2) is 0 Å². The fourth-order valence-corrected chi connectivity index (χ4v) is 2.06. The van der Waals surface area contributed by atoms with Gasteiger partial charge in [-0.15, -0.1) is 0 Å². The summed E-state index contributed by atoms with van der Waals surface area (Å²) in [4.78, 5) is 13.0. The van der Waals surface area contributed by atoms with E-state index in [1.807, 2.05) is 4.90 Å². The number of methoxy groups -OCH3 is 1. The van der Waals surface area contributed by atoms with Crippen molar-refractivity contribution in [3.05, 3.63) is 0 Å². The molecule has 4 heteroatoms. The molecule has 1 heterocycles. The average molecular weight is 214 g/mol. The van der Waals surface area contributed by atoms with Crippen LogP contribution in [0.25, 0.3) is 0 Å². The Morgan fingerprint density at radius 3 is 2.60 bits per heavy atom. The Kier molecular flexibility index (Phi) is 5.05. The predicted molar refractivity (Wildman–Crippen MR) is 59.7 cm³/mol. The van der Waals surface area contributed by atoms with Gasteiger partial charge in [-0.05, 0) is 19.8 Å². The Morgan fingerprint density at radius 2 is 2.13 bits per heavy atom. The maximum Gasteiger partial charge on any atom is 0.219 e. The molecule has 0 aromatic rings. The van der Waals surface area contributed by atoms with E-state index in [0.717, 1.165) is 32.5 Å². The van der Waals surface area contributed by atoms with Gasteiger partial charge < -0.3 is 15.0 Å². The monoisotopic (exact) mass is 214 g/mol. The van der Waals surface area contributed by atoms with Crippen LogP contribution in [0.5, 0.6) is 0 Å². The first-order valence-electron chi connectivity index (χ1n) is 5.64. The second-order valence-electron chi connectivity index (χ2n) is 4.30. The van der Waals surface area contributed by atoms with Crippen molar-refractivity contribution in [2.45, 2.75) is 38.8 Å². The minimum Gasteiger partial charge on any atom is -0.383 e. The Labute approximate surface area is 92.0 Å². The molecule has 1 amide bonds. The molecular formula is C11H22N2O2. The number of rotatable bonds is 4.